The quantitative estimate of drug-likeness (QED) is 0.632. The SMILES string of the molecule is O=C1C=Cc2sc3ccccc3c2C1=O. The maximum Gasteiger partial charge on any atom is 0.234 e. The standard InChI is InChI=1S/C12H6O2S/c13-8-5-6-10-11(12(8)14)7-3-1-2-4-9(7)15-10/h1-6H. The summed E-state index contributed by atoms with van der Waals surface area (Å²) in [5, 5.41) is 0.889. The molecule has 1 aliphatic rings. The van der Waals surface area contributed by atoms with Crippen molar-refractivity contribution in [3.05, 3.63) is 40.8 Å². The molecular formula is C12H6O2S. The van der Waals surface area contributed by atoms with E-state index in [0.717, 1.165) is 15.0 Å². The highest BCUT2D eigenvalue weighted by atomic mass is 32.1. The van der Waals surface area contributed by atoms with Crippen LogP contribution in [0.2, 0.25) is 0 Å². The van der Waals surface area contributed by atoms with Gasteiger partial charge >= 0.3 is 0 Å². The van der Waals surface area contributed by atoms with Gasteiger partial charge in [0.1, 0.15) is 0 Å². The molecule has 0 aliphatic heterocycles. The zero-order chi connectivity index (χ0) is 10.4. The smallest absolute Gasteiger partial charge is 0.234 e. The maximum absolute atomic E-state index is 11.7. The van der Waals surface area contributed by atoms with Crippen LogP contribution in [0.1, 0.15) is 15.2 Å². The number of rotatable bonds is 0. The number of thiophene rings is 1. The van der Waals surface area contributed by atoms with Crippen LogP contribution in [0.25, 0.3) is 16.2 Å². The summed E-state index contributed by atoms with van der Waals surface area (Å²) in [4.78, 5) is 23.9. The first-order valence-electron chi connectivity index (χ1n) is 4.55. The predicted molar refractivity (Wildman–Crippen MR) is 60.2 cm³/mol. The second kappa shape index (κ2) is 2.87. The van der Waals surface area contributed by atoms with E-state index in [-0.39, 0.29) is 5.78 Å². The molecule has 1 aromatic carbocycles. The third kappa shape index (κ3) is 1.10. The number of benzene rings is 1. The number of carbonyl (C=O) groups is 2. The second-order valence-electron chi connectivity index (χ2n) is 3.36. The summed E-state index contributed by atoms with van der Waals surface area (Å²) in [5.74, 6) is -0.809. The lowest BCUT2D eigenvalue weighted by atomic mass is 9.99. The fourth-order valence-corrected chi connectivity index (χ4v) is 2.87. The van der Waals surface area contributed by atoms with Gasteiger partial charge in [0.2, 0.25) is 11.6 Å². The monoisotopic (exact) mass is 214 g/mol. The lowest BCUT2D eigenvalue weighted by molar-refractivity contribution is -0.110. The summed E-state index contributed by atoms with van der Waals surface area (Å²) in [7, 11) is 0. The molecule has 72 valence electrons. The van der Waals surface area contributed by atoms with Crippen LogP contribution in [0, 0.1) is 0 Å². The van der Waals surface area contributed by atoms with Crippen LogP contribution in [-0.2, 0) is 4.79 Å². The molecule has 1 heterocycles. The van der Waals surface area contributed by atoms with Gasteiger partial charge < -0.3 is 0 Å². The number of carbonyl (C=O) groups excluding carboxylic acids is 2. The molecule has 0 saturated carbocycles. The third-order valence-electron chi connectivity index (χ3n) is 2.46. The minimum atomic E-state index is -0.425. The lowest BCUT2D eigenvalue weighted by Crippen LogP contribution is -2.14. The molecule has 15 heavy (non-hydrogen) atoms. The van der Waals surface area contributed by atoms with E-state index in [1.807, 2.05) is 24.3 Å². The largest absolute Gasteiger partial charge is 0.286 e. The summed E-state index contributed by atoms with van der Waals surface area (Å²) in [6.45, 7) is 0. The van der Waals surface area contributed by atoms with Gasteiger partial charge in [0.15, 0.2) is 0 Å². The highest BCUT2D eigenvalue weighted by molar-refractivity contribution is 7.20. The average molecular weight is 214 g/mol. The molecule has 2 nitrogen and oxygen atoms in total. The number of hydrogen-bond acceptors (Lipinski definition) is 3. The molecule has 2 aromatic rings. The van der Waals surface area contributed by atoms with Crippen molar-refractivity contribution in [2.45, 2.75) is 0 Å². The number of fused-ring (bicyclic) bond motifs is 3. The topological polar surface area (TPSA) is 34.1 Å². The molecule has 0 atom stereocenters. The van der Waals surface area contributed by atoms with Gasteiger partial charge in [-0.1, -0.05) is 18.2 Å². The van der Waals surface area contributed by atoms with Crippen LogP contribution in [0.3, 0.4) is 0 Å². The van der Waals surface area contributed by atoms with Gasteiger partial charge in [-0.2, -0.15) is 0 Å². The normalized spacial score (nSPS) is 14.7. The van der Waals surface area contributed by atoms with Gasteiger partial charge in [0.25, 0.3) is 0 Å². The molecule has 3 rings (SSSR count). The van der Waals surface area contributed by atoms with Crippen LogP contribution in [0.5, 0.6) is 0 Å². The van der Waals surface area contributed by atoms with Crippen molar-refractivity contribution in [2.24, 2.45) is 0 Å². The van der Waals surface area contributed by atoms with Gasteiger partial charge in [-0.05, 0) is 18.2 Å². The minimum Gasteiger partial charge on any atom is -0.286 e. The molecule has 0 spiro atoms. The van der Waals surface area contributed by atoms with Crippen LogP contribution in [0.4, 0.5) is 0 Å². The van der Waals surface area contributed by atoms with Crippen molar-refractivity contribution < 1.29 is 9.59 Å². The van der Waals surface area contributed by atoms with Crippen LogP contribution in [0.15, 0.2) is 30.3 Å². The molecule has 0 unspecified atom stereocenters. The van der Waals surface area contributed by atoms with Gasteiger partial charge in [-0.3, -0.25) is 9.59 Å². The summed E-state index contributed by atoms with van der Waals surface area (Å²) in [6, 6.07) is 7.66. The molecule has 1 aromatic heterocycles. The third-order valence-corrected chi connectivity index (χ3v) is 3.60. The van der Waals surface area contributed by atoms with Crippen LogP contribution >= 0.6 is 11.3 Å². The van der Waals surface area contributed by atoms with E-state index in [2.05, 4.69) is 0 Å². The lowest BCUT2D eigenvalue weighted by Gasteiger charge is -2.02. The first-order valence-corrected chi connectivity index (χ1v) is 5.37. The number of ketones is 2. The minimum absolute atomic E-state index is 0.384. The Labute approximate surface area is 89.8 Å². The number of hydrogen-bond donors (Lipinski definition) is 0. The second-order valence-corrected chi connectivity index (χ2v) is 4.45. The Morgan fingerprint density at radius 1 is 1.00 bits per heavy atom. The molecule has 0 N–H and O–H groups in total. The van der Waals surface area contributed by atoms with Crippen molar-refractivity contribution in [2.75, 3.05) is 0 Å². The fourth-order valence-electron chi connectivity index (χ4n) is 1.77. The molecule has 0 amide bonds. The molecule has 1 aliphatic carbocycles. The average Bonchev–Trinajstić information content (AvgIpc) is 2.62. The maximum atomic E-state index is 11.7. The summed E-state index contributed by atoms with van der Waals surface area (Å²) < 4.78 is 1.05. The molecule has 0 radical (unpaired) electrons. The Bertz CT molecular complexity index is 620. The first kappa shape index (κ1) is 8.56. The number of allylic oxidation sites excluding steroid dienone is 1. The van der Waals surface area contributed by atoms with E-state index < -0.39 is 5.78 Å². The van der Waals surface area contributed by atoms with Crippen molar-refractivity contribution in [1.29, 1.82) is 0 Å². The highest BCUT2D eigenvalue weighted by Crippen LogP contribution is 2.34. The van der Waals surface area contributed by atoms with Gasteiger partial charge in [-0.15, -0.1) is 11.3 Å². The van der Waals surface area contributed by atoms with Crippen molar-refractivity contribution in [1.82, 2.24) is 0 Å². The Hall–Kier alpha value is -1.74. The highest BCUT2D eigenvalue weighted by Gasteiger charge is 2.24. The molecule has 0 bridgehead atoms. The van der Waals surface area contributed by atoms with Gasteiger partial charge in [0, 0.05) is 15.0 Å². The summed E-state index contributed by atoms with van der Waals surface area (Å²) >= 11 is 1.55. The Balaban J connectivity index is 2.45. The summed E-state index contributed by atoms with van der Waals surface area (Å²) in [5.41, 5.74) is 0.572. The van der Waals surface area contributed by atoms with Gasteiger partial charge in [0.05, 0.1) is 5.56 Å². The molecular weight excluding hydrogens is 208 g/mol. The zero-order valence-corrected chi connectivity index (χ0v) is 8.51. The predicted octanol–water partition coefficient (Wildman–Crippen LogP) is 2.68. The van der Waals surface area contributed by atoms with E-state index in [0.29, 0.717) is 5.56 Å². The van der Waals surface area contributed by atoms with E-state index in [4.69, 9.17) is 0 Å². The van der Waals surface area contributed by atoms with Crippen LogP contribution < -0.4 is 0 Å². The van der Waals surface area contributed by atoms with E-state index >= 15 is 0 Å². The molecule has 3 heteroatoms. The molecule has 0 saturated heterocycles. The summed E-state index contributed by atoms with van der Waals surface area (Å²) in [6.07, 6.45) is 3.07. The number of Topliss-reactive ketones (excluding diaryl/α,β-unsaturated/α-hetero) is 1. The Kier molecular flexibility index (Phi) is 1.64. The Morgan fingerprint density at radius 2 is 1.80 bits per heavy atom. The van der Waals surface area contributed by atoms with Crippen molar-refractivity contribution >= 4 is 39.1 Å². The van der Waals surface area contributed by atoms with Gasteiger partial charge in [-0.25, -0.2) is 0 Å². The molecule has 0 fully saturated rings. The van der Waals surface area contributed by atoms with Crippen LogP contribution in [-0.4, -0.2) is 11.6 Å². The van der Waals surface area contributed by atoms with Crippen molar-refractivity contribution in [3.8, 4) is 0 Å². The fraction of sp³-hybridized carbons (Fsp3) is 0. The Morgan fingerprint density at radius 3 is 2.67 bits per heavy atom. The van der Waals surface area contributed by atoms with E-state index in [9.17, 15) is 9.59 Å². The van der Waals surface area contributed by atoms with Crippen molar-refractivity contribution in [3.63, 3.8) is 0 Å². The van der Waals surface area contributed by atoms with E-state index in [1.165, 1.54) is 6.08 Å². The zero-order valence-electron chi connectivity index (χ0n) is 7.69. The van der Waals surface area contributed by atoms with E-state index in [1.54, 1.807) is 17.4 Å². The first-order chi connectivity index (χ1) is 7.27.